The lowest BCUT2D eigenvalue weighted by molar-refractivity contribution is -0.118. The van der Waals surface area contributed by atoms with Gasteiger partial charge in [-0.2, -0.15) is 0 Å². The summed E-state index contributed by atoms with van der Waals surface area (Å²) < 4.78 is 28.6. The number of halogens is 2. The van der Waals surface area contributed by atoms with E-state index in [1.807, 2.05) is 4.90 Å². The fraction of sp³-hybridized carbons (Fsp3) is 0.200. The second kappa shape index (κ2) is 7.30. The highest BCUT2D eigenvalue weighted by molar-refractivity contribution is 6.31. The predicted octanol–water partition coefficient (Wildman–Crippen LogP) is 2.65. The van der Waals surface area contributed by atoms with Crippen LogP contribution in [-0.2, 0) is 9.59 Å². The fourth-order valence-corrected chi connectivity index (χ4v) is 3.42. The Morgan fingerprint density at radius 3 is 2.54 bits per heavy atom. The third kappa shape index (κ3) is 3.28. The van der Waals surface area contributed by atoms with Crippen molar-refractivity contribution in [1.82, 2.24) is 4.90 Å². The highest BCUT2D eigenvalue weighted by atomic mass is 19.1. The molecule has 144 valence electrons. The molecule has 1 fully saturated rings. The van der Waals surface area contributed by atoms with E-state index in [1.54, 1.807) is 23.1 Å². The number of piperazine rings is 1. The maximum Gasteiger partial charge on any atom is 0.257 e. The highest BCUT2D eigenvalue weighted by Gasteiger charge is 2.27. The Labute approximate surface area is 160 Å². The number of amides is 2. The lowest BCUT2D eigenvalue weighted by atomic mass is 10.1. The first kappa shape index (κ1) is 18.0. The standard InChI is InChI=1S/C20H18F2N4O2/c21-15-2-1-3-17-19(15)14(20(28)24-17)11-23-13-4-5-18(16(22)10-13)26-8-6-25(12-27)7-9-26/h1-5,10-12,23H,6-9H2,(H,24,28). The zero-order valence-electron chi connectivity index (χ0n) is 14.9. The number of anilines is 3. The molecule has 2 heterocycles. The zero-order chi connectivity index (χ0) is 19.7. The van der Waals surface area contributed by atoms with Crippen LogP contribution in [0.15, 0.2) is 42.6 Å². The van der Waals surface area contributed by atoms with Crippen LogP contribution in [0.4, 0.5) is 25.8 Å². The van der Waals surface area contributed by atoms with Gasteiger partial charge in [0.2, 0.25) is 6.41 Å². The molecule has 0 aliphatic carbocycles. The van der Waals surface area contributed by atoms with Crippen LogP contribution in [0.25, 0.3) is 5.57 Å². The number of hydrogen-bond donors (Lipinski definition) is 2. The van der Waals surface area contributed by atoms with E-state index in [0.717, 1.165) is 6.41 Å². The lowest BCUT2D eigenvalue weighted by Gasteiger charge is -2.34. The second-order valence-corrected chi connectivity index (χ2v) is 6.61. The van der Waals surface area contributed by atoms with Gasteiger partial charge in [0.05, 0.1) is 16.9 Å². The predicted molar refractivity (Wildman–Crippen MR) is 103 cm³/mol. The molecule has 0 spiro atoms. The summed E-state index contributed by atoms with van der Waals surface area (Å²) >= 11 is 0. The molecule has 2 aromatic rings. The van der Waals surface area contributed by atoms with Crippen LogP contribution in [0.3, 0.4) is 0 Å². The molecule has 2 amide bonds. The first-order valence-corrected chi connectivity index (χ1v) is 8.87. The lowest BCUT2D eigenvalue weighted by Crippen LogP contribution is -2.46. The summed E-state index contributed by atoms with van der Waals surface area (Å²) in [6.45, 7) is 2.22. The Morgan fingerprint density at radius 1 is 1.04 bits per heavy atom. The number of rotatable bonds is 4. The van der Waals surface area contributed by atoms with Gasteiger partial charge in [0.1, 0.15) is 11.6 Å². The van der Waals surface area contributed by atoms with Crippen molar-refractivity contribution in [3.05, 3.63) is 59.8 Å². The van der Waals surface area contributed by atoms with Crippen molar-refractivity contribution in [3.8, 4) is 0 Å². The second-order valence-electron chi connectivity index (χ2n) is 6.61. The minimum atomic E-state index is -0.500. The number of carbonyl (C=O) groups is 2. The Hall–Kier alpha value is -3.42. The average Bonchev–Trinajstić information content (AvgIpc) is 3.03. The minimum Gasteiger partial charge on any atom is -0.366 e. The average molecular weight is 384 g/mol. The van der Waals surface area contributed by atoms with Gasteiger partial charge in [0.25, 0.3) is 5.91 Å². The number of carbonyl (C=O) groups excluding carboxylic acids is 2. The molecule has 0 aromatic heterocycles. The van der Waals surface area contributed by atoms with E-state index >= 15 is 0 Å². The molecule has 2 aromatic carbocycles. The van der Waals surface area contributed by atoms with E-state index in [2.05, 4.69) is 10.6 Å². The molecule has 2 N–H and O–H groups in total. The van der Waals surface area contributed by atoms with Crippen molar-refractivity contribution in [2.75, 3.05) is 41.7 Å². The normalized spacial score (nSPS) is 17.5. The molecular formula is C20H18F2N4O2. The molecule has 4 rings (SSSR count). The zero-order valence-corrected chi connectivity index (χ0v) is 14.9. The van der Waals surface area contributed by atoms with Gasteiger partial charge in [-0.1, -0.05) is 6.07 Å². The Morgan fingerprint density at radius 2 is 1.82 bits per heavy atom. The summed E-state index contributed by atoms with van der Waals surface area (Å²) in [6.07, 6.45) is 2.18. The summed E-state index contributed by atoms with van der Waals surface area (Å²) in [6, 6.07) is 9.09. The molecule has 8 heteroatoms. The van der Waals surface area contributed by atoms with Crippen LogP contribution in [-0.4, -0.2) is 43.4 Å². The molecule has 28 heavy (non-hydrogen) atoms. The van der Waals surface area contributed by atoms with E-state index in [4.69, 9.17) is 0 Å². The highest BCUT2D eigenvalue weighted by Crippen LogP contribution is 2.33. The number of benzene rings is 2. The van der Waals surface area contributed by atoms with Crippen molar-refractivity contribution in [3.63, 3.8) is 0 Å². The van der Waals surface area contributed by atoms with Crippen molar-refractivity contribution in [2.45, 2.75) is 0 Å². The van der Waals surface area contributed by atoms with Crippen LogP contribution < -0.4 is 15.5 Å². The summed E-state index contributed by atoms with van der Waals surface area (Å²) in [4.78, 5) is 26.4. The van der Waals surface area contributed by atoms with Crippen LogP contribution in [0.2, 0.25) is 0 Å². The molecule has 0 atom stereocenters. The fourth-order valence-electron chi connectivity index (χ4n) is 3.42. The van der Waals surface area contributed by atoms with Crippen LogP contribution in [0.1, 0.15) is 5.56 Å². The molecule has 0 unspecified atom stereocenters. The maximum absolute atomic E-state index is 14.6. The number of fused-ring (bicyclic) bond motifs is 1. The van der Waals surface area contributed by atoms with Crippen molar-refractivity contribution < 1.29 is 18.4 Å². The molecule has 2 aliphatic rings. The number of nitrogens with zero attached hydrogens (tertiary/aromatic N) is 2. The van der Waals surface area contributed by atoms with Crippen LogP contribution in [0, 0.1) is 11.6 Å². The van der Waals surface area contributed by atoms with Gasteiger partial charge in [-0.25, -0.2) is 8.78 Å². The van der Waals surface area contributed by atoms with Gasteiger partial charge in [-0.3, -0.25) is 9.59 Å². The van der Waals surface area contributed by atoms with Gasteiger partial charge < -0.3 is 20.4 Å². The topological polar surface area (TPSA) is 64.7 Å². The third-order valence-electron chi connectivity index (χ3n) is 4.91. The van der Waals surface area contributed by atoms with Crippen molar-refractivity contribution >= 4 is 35.0 Å². The van der Waals surface area contributed by atoms with Gasteiger partial charge >= 0.3 is 0 Å². The largest absolute Gasteiger partial charge is 0.366 e. The molecule has 6 nitrogen and oxygen atoms in total. The minimum absolute atomic E-state index is 0.155. The monoisotopic (exact) mass is 384 g/mol. The van der Waals surface area contributed by atoms with Gasteiger partial charge in [0, 0.05) is 43.6 Å². The number of nitrogens with one attached hydrogen (secondary N) is 2. The van der Waals surface area contributed by atoms with Crippen LogP contribution in [0.5, 0.6) is 0 Å². The molecule has 0 radical (unpaired) electrons. The molecule has 0 bridgehead atoms. The quantitative estimate of drug-likeness (QED) is 0.628. The summed E-state index contributed by atoms with van der Waals surface area (Å²) in [7, 11) is 0. The first-order chi connectivity index (χ1) is 13.6. The molecule has 0 saturated carbocycles. The maximum atomic E-state index is 14.6. The first-order valence-electron chi connectivity index (χ1n) is 8.87. The molecule has 2 aliphatic heterocycles. The van der Waals surface area contributed by atoms with Gasteiger partial charge in [-0.15, -0.1) is 0 Å². The van der Waals surface area contributed by atoms with E-state index < -0.39 is 17.5 Å². The van der Waals surface area contributed by atoms with E-state index in [0.29, 0.717) is 43.2 Å². The van der Waals surface area contributed by atoms with Gasteiger partial charge in [0.15, 0.2) is 0 Å². The van der Waals surface area contributed by atoms with E-state index in [-0.39, 0.29) is 11.1 Å². The van der Waals surface area contributed by atoms with Gasteiger partial charge in [-0.05, 0) is 30.3 Å². The Balaban J connectivity index is 1.51. The molecular weight excluding hydrogens is 366 g/mol. The third-order valence-corrected chi connectivity index (χ3v) is 4.91. The number of hydrogen-bond acceptors (Lipinski definition) is 4. The smallest absolute Gasteiger partial charge is 0.257 e. The Kier molecular flexibility index (Phi) is 4.68. The summed E-state index contributed by atoms with van der Waals surface area (Å²) in [5.74, 6) is -1.33. The van der Waals surface area contributed by atoms with Crippen molar-refractivity contribution in [2.24, 2.45) is 0 Å². The SMILES string of the molecule is O=CN1CCN(c2ccc(NC=C3C(=O)Nc4cccc(F)c43)cc2F)CC1. The van der Waals surface area contributed by atoms with E-state index in [1.165, 1.54) is 24.4 Å². The van der Waals surface area contributed by atoms with Crippen LogP contribution >= 0.6 is 0 Å². The van der Waals surface area contributed by atoms with Crippen molar-refractivity contribution in [1.29, 1.82) is 0 Å². The summed E-state index contributed by atoms with van der Waals surface area (Å²) in [5.41, 5.74) is 1.67. The molecule has 1 saturated heterocycles. The summed E-state index contributed by atoms with van der Waals surface area (Å²) in [5, 5.41) is 5.47. The Bertz CT molecular complexity index is 969. The van der Waals surface area contributed by atoms with E-state index in [9.17, 15) is 18.4 Å².